The summed E-state index contributed by atoms with van der Waals surface area (Å²) in [5.41, 5.74) is 4.19. The lowest BCUT2D eigenvalue weighted by Crippen LogP contribution is -2.18. The average molecular weight is 436 g/mol. The van der Waals surface area contributed by atoms with Gasteiger partial charge in [0, 0.05) is 34.8 Å². The summed E-state index contributed by atoms with van der Waals surface area (Å²) in [5, 5.41) is 30.3. The van der Waals surface area contributed by atoms with Crippen molar-refractivity contribution in [2.75, 3.05) is 5.32 Å². The maximum Gasteiger partial charge on any atom is 0.269 e. The number of non-ortho nitro benzene ring substituents is 1. The largest absolute Gasteiger partial charge is 0.493 e. The minimum atomic E-state index is -0.644. The molecule has 0 spiro atoms. The van der Waals surface area contributed by atoms with E-state index in [1.807, 2.05) is 48.5 Å². The van der Waals surface area contributed by atoms with Gasteiger partial charge in [-0.15, -0.1) is 5.10 Å². The molecule has 0 amide bonds. The number of para-hydroxylation sites is 1. The van der Waals surface area contributed by atoms with Crippen molar-refractivity contribution in [3.63, 3.8) is 0 Å². The molecule has 0 fully saturated rings. The quantitative estimate of drug-likeness (QED) is 0.357. The number of rotatable bonds is 3. The van der Waals surface area contributed by atoms with Gasteiger partial charge in [0.1, 0.15) is 0 Å². The molecule has 3 aromatic carbocycles. The number of fused-ring (bicyclic) bond motifs is 3. The third-order valence-electron chi connectivity index (χ3n) is 6.11. The first-order valence-electron chi connectivity index (χ1n) is 10.3. The number of nitro groups is 1. The number of anilines is 1. The number of aromatic hydroxyl groups is 1. The van der Waals surface area contributed by atoms with Crippen LogP contribution in [0.4, 0.5) is 11.5 Å². The number of allylic oxidation sites excluding steroid dienone is 1. The van der Waals surface area contributed by atoms with Crippen LogP contribution in [0.2, 0.25) is 0 Å². The Hall–Kier alpha value is -4.72. The van der Waals surface area contributed by atoms with Crippen molar-refractivity contribution in [2.24, 2.45) is 0 Å². The van der Waals surface area contributed by atoms with Crippen LogP contribution in [0.1, 0.15) is 33.0 Å². The van der Waals surface area contributed by atoms with Gasteiger partial charge in [-0.1, -0.05) is 54.6 Å². The lowest BCUT2D eigenvalue weighted by atomic mass is 9.82. The number of hydrogen-bond acceptors (Lipinski definition) is 6. The molecule has 6 rings (SSSR count). The molecule has 0 saturated heterocycles. The van der Waals surface area contributed by atoms with Gasteiger partial charge in [-0.3, -0.25) is 14.9 Å². The maximum absolute atomic E-state index is 13.5. The first-order chi connectivity index (χ1) is 16.0. The third kappa shape index (κ3) is 2.71. The lowest BCUT2D eigenvalue weighted by molar-refractivity contribution is -0.384. The van der Waals surface area contributed by atoms with E-state index in [4.69, 9.17) is 0 Å². The van der Waals surface area contributed by atoms with Crippen LogP contribution in [0.5, 0.6) is 5.88 Å². The zero-order valence-corrected chi connectivity index (χ0v) is 17.1. The van der Waals surface area contributed by atoms with E-state index in [-0.39, 0.29) is 17.4 Å². The van der Waals surface area contributed by atoms with E-state index < -0.39 is 10.8 Å². The molecule has 0 bridgehead atoms. The number of benzene rings is 3. The monoisotopic (exact) mass is 436 g/mol. The SMILES string of the molecule is O=C1C2=C(Nc3nn(-c4ccccc4)c(O)c3C2c2ccc([N+](=O)[O-])cc2)c2ccccc21. The number of carbonyl (C=O) groups is 1. The lowest BCUT2D eigenvalue weighted by Gasteiger charge is -2.25. The van der Waals surface area contributed by atoms with E-state index in [0.717, 1.165) is 5.56 Å². The number of nitrogens with zero attached hydrogens (tertiary/aromatic N) is 3. The van der Waals surface area contributed by atoms with Gasteiger partial charge < -0.3 is 10.4 Å². The van der Waals surface area contributed by atoms with Crippen LogP contribution in [0, 0.1) is 10.1 Å². The molecule has 0 radical (unpaired) electrons. The van der Waals surface area contributed by atoms with E-state index in [0.29, 0.717) is 39.5 Å². The van der Waals surface area contributed by atoms with Crippen molar-refractivity contribution in [3.8, 4) is 11.6 Å². The highest BCUT2D eigenvalue weighted by Gasteiger charge is 2.43. The zero-order valence-electron chi connectivity index (χ0n) is 17.1. The second-order valence-electron chi connectivity index (χ2n) is 7.90. The molecule has 1 aliphatic heterocycles. The van der Waals surface area contributed by atoms with E-state index >= 15 is 0 Å². The number of carbonyl (C=O) groups excluding carboxylic acids is 1. The highest BCUT2D eigenvalue weighted by molar-refractivity contribution is 6.24. The van der Waals surface area contributed by atoms with Crippen LogP contribution in [0.15, 0.2) is 84.4 Å². The Kier molecular flexibility index (Phi) is 3.97. The van der Waals surface area contributed by atoms with Gasteiger partial charge >= 0.3 is 0 Å². The summed E-state index contributed by atoms with van der Waals surface area (Å²) in [7, 11) is 0. The molecule has 2 heterocycles. The van der Waals surface area contributed by atoms with Crippen molar-refractivity contribution in [2.45, 2.75) is 5.92 Å². The number of nitro benzene ring substituents is 1. The molecule has 1 atom stereocenters. The van der Waals surface area contributed by atoms with Crippen molar-refractivity contribution in [1.29, 1.82) is 0 Å². The van der Waals surface area contributed by atoms with Gasteiger partial charge in [0.15, 0.2) is 11.6 Å². The van der Waals surface area contributed by atoms with Crippen LogP contribution >= 0.6 is 0 Å². The molecule has 1 aromatic heterocycles. The normalized spacial score (nSPS) is 16.1. The Balaban J connectivity index is 1.59. The molecule has 2 aliphatic rings. The Bertz CT molecular complexity index is 1490. The summed E-state index contributed by atoms with van der Waals surface area (Å²) < 4.78 is 1.43. The minimum absolute atomic E-state index is 0.0488. The van der Waals surface area contributed by atoms with Crippen LogP contribution in [-0.4, -0.2) is 25.6 Å². The fourth-order valence-electron chi connectivity index (χ4n) is 4.63. The van der Waals surface area contributed by atoms with E-state index in [2.05, 4.69) is 10.4 Å². The molecule has 1 aliphatic carbocycles. The minimum Gasteiger partial charge on any atom is -0.493 e. The number of hydrogen-bond donors (Lipinski definition) is 2. The molecule has 1 unspecified atom stereocenters. The van der Waals surface area contributed by atoms with Crippen molar-refractivity contribution < 1.29 is 14.8 Å². The van der Waals surface area contributed by atoms with Gasteiger partial charge in [-0.05, 0) is 17.7 Å². The first kappa shape index (κ1) is 19.0. The predicted molar refractivity (Wildman–Crippen MR) is 121 cm³/mol. The Labute approximate surface area is 187 Å². The predicted octanol–water partition coefficient (Wildman–Crippen LogP) is 4.65. The summed E-state index contributed by atoms with van der Waals surface area (Å²) in [6, 6.07) is 22.6. The van der Waals surface area contributed by atoms with Gasteiger partial charge in [0.2, 0.25) is 5.88 Å². The smallest absolute Gasteiger partial charge is 0.269 e. The summed E-state index contributed by atoms with van der Waals surface area (Å²) in [4.78, 5) is 24.2. The Morgan fingerprint density at radius 1 is 0.939 bits per heavy atom. The third-order valence-corrected chi connectivity index (χ3v) is 6.11. The fraction of sp³-hybridized carbons (Fsp3) is 0.0400. The average Bonchev–Trinajstić information content (AvgIpc) is 3.33. The molecule has 8 heteroatoms. The topological polar surface area (TPSA) is 110 Å². The molecule has 160 valence electrons. The Morgan fingerprint density at radius 2 is 1.61 bits per heavy atom. The highest BCUT2D eigenvalue weighted by Crippen LogP contribution is 2.52. The summed E-state index contributed by atoms with van der Waals surface area (Å²) >= 11 is 0. The molecule has 2 N–H and O–H groups in total. The highest BCUT2D eigenvalue weighted by atomic mass is 16.6. The van der Waals surface area contributed by atoms with Gasteiger partial charge in [-0.25, -0.2) is 0 Å². The van der Waals surface area contributed by atoms with Gasteiger partial charge in [0.05, 0.1) is 21.9 Å². The van der Waals surface area contributed by atoms with Crippen LogP contribution in [0.25, 0.3) is 11.4 Å². The van der Waals surface area contributed by atoms with Gasteiger partial charge in [0.25, 0.3) is 5.69 Å². The number of aromatic nitrogens is 2. The van der Waals surface area contributed by atoms with E-state index in [1.165, 1.54) is 16.8 Å². The molecular weight excluding hydrogens is 420 g/mol. The second kappa shape index (κ2) is 6.89. The van der Waals surface area contributed by atoms with Gasteiger partial charge in [-0.2, -0.15) is 4.68 Å². The van der Waals surface area contributed by atoms with E-state index in [9.17, 15) is 20.0 Å². The standard InChI is InChI=1S/C25H16N4O4/c30-23-18-9-5-4-8-17(18)22-20(23)19(14-10-12-16(13-11-14)29(32)33)21-24(26-22)27-28(25(21)31)15-6-2-1-3-7-15/h1-13,19,31H,(H,26,27). The number of Topliss-reactive ketones (excluding diaryl/α,β-unsaturated/α-hetero) is 1. The number of ketones is 1. The summed E-state index contributed by atoms with van der Waals surface area (Å²) in [6.07, 6.45) is 0. The second-order valence-corrected chi connectivity index (χ2v) is 7.90. The van der Waals surface area contributed by atoms with Crippen molar-refractivity contribution in [3.05, 3.63) is 117 Å². The maximum atomic E-state index is 13.5. The fourth-order valence-corrected chi connectivity index (χ4v) is 4.63. The van der Waals surface area contributed by atoms with Crippen molar-refractivity contribution >= 4 is 23.0 Å². The van der Waals surface area contributed by atoms with Crippen molar-refractivity contribution in [1.82, 2.24) is 9.78 Å². The summed E-state index contributed by atoms with van der Waals surface area (Å²) in [6.45, 7) is 0. The van der Waals surface area contributed by atoms with E-state index in [1.54, 1.807) is 18.2 Å². The van der Waals surface area contributed by atoms with Crippen LogP contribution < -0.4 is 5.32 Å². The molecule has 8 nitrogen and oxygen atoms in total. The molecule has 33 heavy (non-hydrogen) atoms. The zero-order chi connectivity index (χ0) is 22.7. The Morgan fingerprint density at radius 3 is 2.30 bits per heavy atom. The van der Waals surface area contributed by atoms with Crippen LogP contribution in [-0.2, 0) is 0 Å². The molecule has 4 aromatic rings. The first-order valence-corrected chi connectivity index (χ1v) is 10.3. The molecule has 0 saturated carbocycles. The molecular formula is C25H16N4O4. The number of nitrogens with one attached hydrogen (secondary N) is 1. The van der Waals surface area contributed by atoms with Crippen LogP contribution in [0.3, 0.4) is 0 Å². The summed E-state index contributed by atoms with van der Waals surface area (Å²) in [5.74, 6) is -0.450.